The summed E-state index contributed by atoms with van der Waals surface area (Å²) in [6.07, 6.45) is -0.637. The normalized spacial score (nSPS) is 16.3. The monoisotopic (exact) mass is 418 g/mol. The van der Waals surface area contributed by atoms with E-state index < -0.39 is 16.1 Å². The molecule has 1 fully saturated rings. The standard InChI is InChI=1S/C21H26N2O5S/c1-16-5-4-6-19(15-16)28-17(2)21(24)22-11-13-23(14-12-22)29(25,26)20-9-7-18(27-3)8-10-20/h4-10,15,17H,11-14H2,1-3H3/t17-/m1/s1. The average molecular weight is 419 g/mol. The third kappa shape index (κ3) is 4.89. The van der Waals surface area contributed by atoms with E-state index in [1.54, 1.807) is 24.0 Å². The van der Waals surface area contributed by atoms with Crippen LogP contribution in [-0.2, 0) is 14.8 Å². The lowest BCUT2D eigenvalue weighted by Gasteiger charge is -2.35. The first kappa shape index (κ1) is 21.1. The van der Waals surface area contributed by atoms with Crippen molar-refractivity contribution in [2.75, 3.05) is 33.3 Å². The van der Waals surface area contributed by atoms with Gasteiger partial charge in [0.25, 0.3) is 5.91 Å². The van der Waals surface area contributed by atoms with Gasteiger partial charge in [-0.25, -0.2) is 8.42 Å². The molecule has 0 unspecified atom stereocenters. The largest absolute Gasteiger partial charge is 0.497 e. The van der Waals surface area contributed by atoms with Crippen LogP contribution in [0.2, 0.25) is 0 Å². The van der Waals surface area contributed by atoms with E-state index >= 15 is 0 Å². The van der Waals surface area contributed by atoms with Gasteiger partial charge < -0.3 is 14.4 Å². The van der Waals surface area contributed by atoms with Gasteiger partial charge >= 0.3 is 0 Å². The number of benzene rings is 2. The summed E-state index contributed by atoms with van der Waals surface area (Å²) in [7, 11) is -2.07. The molecule has 0 N–H and O–H groups in total. The van der Waals surface area contributed by atoms with Gasteiger partial charge in [-0.1, -0.05) is 12.1 Å². The van der Waals surface area contributed by atoms with Crippen molar-refractivity contribution in [3.05, 3.63) is 54.1 Å². The minimum absolute atomic E-state index is 0.145. The highest BCUT2D eigenvalue weighted by atomic mass is 32.2. The van der Waals surface area contributed by atoms with Crippen LogP contribution in [0.4, 0.5) is 0 Å². The van der Waals surface area contributed by atoms with Crippen molar-refractivity contribution >= 4 is 15.9 Å². The second kappa shape index (κ2) is 8.84. The highest BCUT2D eigenvalue weighted by Crippen LogP contribution is 2.21. The van der Waals surface area contributed by atoms with Gasteiger partial charge in [0.1, 0.15) is 11.5 Å². The number of carbonyl (C=O) groups excluding carboxylic acids is 1. The number of methoxy groups -OCH3 is 1. The molecule has 1 heterocycles. The average Bonchev–Trinajstić information content (AvgIpc) is 2.73. The Labute approximate surface area is 171 Å². The van der Waals surface area contributed by atoms with Gasteiger partial charge in [0, 0.05) is 26.2 Å². The van der Waals surface area contributed by atoms with Gasteiger partial charge in [-0.2, -0.15) is 4.31 Å². The second-order valence-electron chi connectivity index (χ2n) is 6.98. The topological polar surface area (TPSA) is 76.2 Å². The minimum Gasteiger partial charge on any atom is -0.497 e. The Kier molecular flexibility index (Phi) is 6.44. The molecule has 1 aliphatic rings. The van der Waals surface area contributed by atoms with Crippen LogP contribution in [0.15, 0.2) is 53.4 Å². The van der Waals surface area contributed by atoms with Gasteiger partial charge in [0.2, 0.25) is 10.0 Å². The number of aryl methyl sites for hydroxylation is 1. The number of carbonyl (C=O) groups is 1. The predicted octanol–water partition coefficient (Wildman–Crippen LogP) is 2.30. The summed E-state index contributed by atoms with van der Waals surface area (Å²) in [5.74, 6) is 1.10. The zero-order valence-electron chi connectivity index (χ0n) is 16.9. The van der Waals surface area contributed by atoms with Gasteiger partial charge in [0.15, 0.2) is 6.10 Å². The summed E-state index contributed by atoms with van der Waals surface area (Å²) in [4.78, 5) is 14.6. The Morgan fingerprint density at radius 3 is 2.24 bits per heavy atom. The first-order valence-corrected chi connectivity index (χ1v) is 10.9. The highest BCUT2D eigenvalue weighted by molar-refractivity contribution is 7.89. The molecule has 156 valence electrons. The van der Waals surface area contributed by atoms with Crippen molar-refractivity contribution in [3.8, 4) is 11.5 Å². The smallest absolute Gasteiger partial charge is 0.263 e. The molecule has 0 bridgehead atoms. The zero-order chi connectivity index (χ0) is 21.0. The third-order valence-corrected chi connectivity index (χ3v) is 6.81. The Balaban J connectivity index is 1.59. The highest BCUT2D eigenvalue weighted by Gasteiger charge is 2.32. The van der Waals surface area contributed by atoms with Crippen molar-refractivity contribution < 1.29 is 22.7 Å². The number of rotatable bonds is 6. The Morgan fingerprint density at radius 2 is 1.66 bits per heavy atom. The maximum Gasteiger partial charge on any atom is 0.263 e. The number of amides is 1. The van der Waals surface area contributed by atoms with Crippen LogP contribution in [0.3, 0.4) is 0 Å². The van der Waals surface area contributed by atoms with E-state index in [4.69, 9.17) is 9.47 Å². The first-order chi connectivity index (χ1) is 13.8. The molecule has 2 aromatic rings. The molecular weight excluding hydrogens is 392 g/mol. The molecule has 0 spiro atoms. The van der Waals surface area contributed by atoms with Crippen LogP contribution in [0.1, 0.15) is 12.5 Å². The Morgan fingerprint density at radius 1 is 1.00 bits per heavy atom. The van der Waals surface area contributed by atoms with Crippen molar-refractivity contribution in [1.82, 2.24) is 9.21 Å². The fourth-order valence-corrected chi connectivity index (χ4v) is 4.67. The van der Waals surface area contributed by atoms with Crippen LogP contribution in [0.25, 0.3) is 0 Å². The van der Waals surface area contributed by atoms with Crippen molar-refractivity contribution in [2.45, 2.75) is 24.8 Å². The molecule has 7 nitrogen and oxygen atoms in total. The summed E-state index contributed by atoms with van der Waals surface area (Å²) >= 11 is 0. The lowest BCUT2D eigenvalue weighted by molar-refractivity contribution is -0.139. The maximum absolute atomic E-state index is 12.8. The molecule has 1 aliphatic heterocycles. The van der Waals surface area contributed by atoms with Crippen LogP contribution in [0.5, 0.6) is 11.5 Å². The van der Waals surface area contributed by atoms with Crippen LogP contribution in [-0.4, -0.2) is 62.9 Å². The number of ether oxygens (including phenoxy) is 2. The lowest BCUT2D eigenvalue weighted by Crippen LogP contribution is -2.53. The van der Waals surface area contributed by atoms with Crippen LogP contribution in [0, 0.1) is 6.92 Å². The molecule has 3 rings (SSSR count). The van der Waals surface area contributed by atoms with Crippen molar-refractivity contribution in [2.24, 2.45) is 0 Å². The molecule has 1 atom stereocenters. The summed E-state index contributed by atoms with van der Waals surface area (Å²) in [6, 6.07) is 13.8. The zero-order valence-corrected chi connectivity index (χ0v) is 17.7. The maximum atomic E-state index is 12.8. The van der Waals surface area contributed by atoms with E-state index in [0.29, 0.717) is 24.6 Å². The number of hydrogen-bond acceptors (Lipinski definition) is 5. The van der Waals surface area contributed by atoms with E-state index in [1.807, 2.05) is 31.2 Å². The molecular formula is C21H26N2O5S. The van der Waals surface area contributed by atoms with Gasteiger partial charge in [-0.3, -0.25) is 4.79 Å². The van der Waals surface area contributed by atoms with Crippen molar-refractivity contribution in [3.63, 3.8) is 0 Å². The van der Waals surface area contributed by atoms with E-state index in [9.17, 15) is 13.2 Å². The SMILES string of the molecule is COc1ccc(S(=O)(=O)N2CCN(C(=O)[C@@H](C)Oc3cccc(C)c3)CC2)cc1. The Bertz CT molecular complexity index is 951. The minimum atomic E-state index is -3.60. The quantitative estimate of drug-likeness (QED) is 0.720. The predicted molar refractivity (Wildman–Crippen MR) is 110 cm³/mol. The van der Waals surface area contributed by atoms with E-state index in [1.165, 1.54) is 23.5 Å². The molecule has 1 amide bonds. The molecule has 8 heteroatoms. The van der Waals surface area contributed by atoms with Gasteiger partial charge in [-0.05, 0) is 55.8 Å². The molecule has 0 saturated carbocycles. The number of nitrogens with zero attached hydrogens (tertiary/aromatic N) is 2. The van der Waals surface area contributed by atoms with E-state index in [2.05, 4.69) is 0 Å². The summed E-state index contributed by atoms with van der Waals surface area (Å²) in [5, 5.41) is 0. The lowest BCUT2D eigenvalue weighted by atomic mass is 10.2. The van der Waals surface area contributed by atoms with E-state index in [-0.39, 0.29) is 23.9 Å². The second-order valence-corrected chi connectivity index (χ2v) is 8.92. The third-order valence-electron chi connectivity index (χ3n) is 4.90. The molecule has 2 aromatic carbocycles. The van der Waals surface area contributed by atoms with Crippen LogP contribution >= 0.6 is 0 Å². The number of hydrogen-bond donors (Lipinski definition) is 0. The fourth-order valence-electron chi connectivity index (χ4n) is 3.25. The van der Waals surface area contributed by atoms with Crippen molar-refractivity contribution in [1.29, 1.82) is 0 Å². The van der Waals surface area contributed by atoms with E-state index in [0.717, 1.165) is 5.56 Å². The Hall–Kier alpha value is -2.58. The fraction of sp³-hybridized carbons (Fsp3) is 0.381. The first-order valence-electron chi connectivity index (χ1n) is 9.47. The molecule has 1 saturated heterocycles. The summed E-state index contributed by atoms with van der Waals surface area (Å²) in [5.41, 5.74) is 1.06. The number of piperazine rings is 1. The molecule has 0 radical (unpaired) electrons. The molecule has 0 aromatic heterocycles. The molecule has 0 aliphatic carbocycles. The summed E-state index contributed by atoms with van der Waals surface area (Å²) < 4.78 is 37.9. The van der Waals surface area contributed by atoms with Gasteiger partial charge in [-0.15, -0.1) is 0 Å². The molecule has 29 heavy (non-hydrogen) atoms. The number of sulfonamides is 1. The van der Waals surface area contributed by atoms with Gasteiger partial charge in [0.05, 0.1) is 12.0 Å². The van der Waals surface area contributed by atoms with Crippen LogP contribution < -0.4 is 9.47 Å². The summed E-state index contributed by atoms with van der Waals surface area (Å²) in [6.45, 7) is 4.83.